The molecule has 2 amide bonds. The van der Waals surface area contributed by atoms with E-state index in [9.17, 15) is 9.59 Å². The molecule has 19 heavy (non-hydrogen) atoms. The van der Waals surface area contributed by atoms with Crippen molar-refractivity contribution in [2.24, 2.45) is 11.8 Å². The minimum atomic E-state index is -0.0784. The molecular formula is C14H17IN2O2. The number of hydrogen-bond donors (Lipinski definition) is 2. The Balaban J connectivity index is 1.67. The molecule has 102 valence electrons. The van der Waals surface area contributed by atoms with E-state index >= 15 is 0 Å². The van der Waals surface area contributed by atoms with Crippen LogP contribution in [0.3, 0.4) is 0 Å². The predicted molar refractivity (Wildman–Crippen MR) is 82.7 cm³/mol. The zero-order chi connectivity index (χ0) is 13.8. The molecule has 1 fully saturated rings. The zero-order valence-corrected chi connectivity index (χ0v) is 12.9. The topological polar surface area (TPSA) is 58.2 Å². The first-order valence-electron chi connectivity index (χ1n) is 6.39. The van der Waals surface area contributed by atoms with Crippen molar-refractivity contribution in [2.75, 3.05) is 11.9 Å². The molecule has 5 heteroatoms. The summed E-state index contributed by atoms with van der Waals surface area (Å²) in [6, 6.07) is 7.60. The molecular weight excluding hydrogens is 355 g/mol. The van der Waals surface area contributed by atoms with Gasteiger partial charge in [-0.2, -0.15) is 0 Å². The van der Waals surface area contributed by atoms with Crippen LogP contribution in [-0.2, 0) is 9.59 Å². The quantitative estimate of drug-likeness (QED) is 0.780. The third-order valence-electron chi connectivity index (χ3n) is 3.23. The minimum absolute atomic E-state index is 0.0783. The van der Waals surface area contributed by atoms with Gasteiger partial charge in [0, 0.05) is 28.1 Å². The maximum atomic E-state index is 11.7. The molecule has 0 heterocycles. The highest BCUT2D eigenvalue weighted by Gasteiger charge is 2.38. The second-order valence-corrected chi connectivity index (χ2v) is 6.16. The molecule has 0 unspecified atom stereocenters. The smallest absolute Gasteiger partial charge is 0.226 e. The highest BCUT2D eigenvalue weighted by molar-refractivity contribution is 14.1. The molecule has 2 atom stereocenters. The lowest BCUT2D eigenvalue weighted by Crippen LogP contribution is -2.29. The first-order chi connectivity index (χ1) is 9.06. The van der Waals surface area contributed by atoms with Gasteiger partial charge in [0.2, 0.25) is 11.8 Å². The summed E-state index contributed by atoms with van der Waals surface area (Å²) in [4.78, 5) is 23.2. The summed E-state index contributed by atoms with van der Waals surface area (Å²) in [7, 11) is 0. The van der Waals surface area contributed by atoms with Crippen molar-refractivity contribution in [3.8, 4) is 0 Å². The van der Waals surface area contributed by atoms with E-state index < -0.39 is 0 Å². The van der Waals surface area contributed by atoms with Gasteiger partial charge in [-0.15, -0.1) is 0 Å². The largest absolute Gasteiger partial charge is 0.355 e. The number of carbonyl (C=O) groups is 2. The molecule has 0 saturated heterocycles. The highest BCUT2D eigenvalue weighted by Crippen LogP contribution is 2.37. The van der Waals surface area contributed by atoms with Crippen molar-refractivity contribution >= 4 is 40.1 Å². The standard InChI is InChI=1S/C14H17IN2O2/c1-9-8-12(9)14(19)16-7-6-13(18)17-11-4-2-10(15)3-5-11/h2-5,9,12H,6-8H2,1H3,(H,16,19)(H,17,18)/t9-,12+/m1/s1. The van der Waals surface area contributed by atoms with Gasteiger partial charge < -0.3 is 10.6 Å². The van der Waals surface area contributed by atoms with Crippen LogP contribution >= 0.6 is 22.6 Å². The van der Waals surface area contributed by atoms with Crippen LogP contribution < -0.4 is 10.6 Å². The Hall–Kier alpha value is -1.11. The zero-order valence-electron chi connectivity index (χ0n) is 10.8. The van der Waals surface area contributed by atoms with Gasteiger partial charge in [-0.1, -0.05) is 6.92 Å². The summed E-state index contributed by atoms with van der Waals surface area (Å²) in [6.45, 7) is 2.46. The fraction of sp³-hybridized carbons (Fsp3) is 0.429. The van der Waals surface area contributed by atoms with Gasteiger partial charge in [0.15, 0.2) is 0 Å². The van der Waals surface area contributed by atoms with Crippen LogP contribution in [0, 0.1) is 15.4 Å². The van der Waals surface area contributed by atoms with E-state index in [1.165, 1.54) is 0 Å². The molecule has 4 nitrogen and oxygen atoms in total. The Morgan fingerprint density at radius 3 is 2.53 bits per heavy atom. The van der Waals surface area contributed by atoms with Gasteiger partial charge in [-0.3, -0.25) is 9.59 Å². The molecule has 1 saturated carbocycles. The predicted octanol–water partition coefficient (Wildman–Crippen LogP) is 2.39. The monoisotopic (exact) mass is 372 g/mol. The maximum absolute atomic E-state index is 11.7. The van der Waals surface area contributed by atoms with Crippen LogP contribution in [0.15, 0.2) is 24.3 Å². The van der Waals surface area contributed by atoms with Crippen molar-refractivity contribution < 1.29 is 9.59 Å². The van der Waals surface area contributed by atoms with Crippen LogP contribution in [-0.4, -0.2) is 18.4 Å². The molecule has 1 aliphatic rings. The molecule has 1 aromatic rings. The van der Waals surface area contributed by atoms with E-state index in [1.54, 1.807) is 0 Å². The number of anilines is 1. The van der Waals surface area contributed by atoms with Crippen molar-refractivity contribution in [1.29, 1.82) is 0 Å². The van der Waals surface area contributed by atoms with Crippen LogP contribution in [0.4, 0.5) is 5.69 Å². The molecule has 2 rings (SSSR count). The third kappa shape index (κ3) is 4.49. The minimum Gasteiger partial charge on any atom is -0.355 e. The van der Waals surface area contributed by atoms with E-state index in [2.05, 4.69) is 40.1 Å². The fourth-order valence-corrected chi connectivity index (χ4v) is 2.23. The van der Waals surface area contributed by atoms with Crippen LogP contribution in [0.5, 0.6) is 0 Å². The van der Waals surface area contributed by atoms with E-state index in [4.69, 9.17) is 0 Å². The van der Waals surface area contributed by atoms with Crippen molar-refractivity contribution in [2.45, 2.75) is 19.8 Å². The van der Waals surface area contributed by atoms with Crippen LogP contribution in [0.2, 0.25) is 0 Å². The molecule has 0 aromatic heterocycles. The Labute approximate surface area is 126 Å². The van der Waals surface area contributed by atoms with Gasteiger partial charge in [-0.05, 0) is 59.2 Å². The number of rotatable bonds is 5. The van der Waals surface area contributed by atoms with Crippen molar-refractivity contribution in [3.63, 3.8) is 0 Å². The lowest BCUT2D eigenvalue weighted by atomic mass is 10.3. The number of amides is 2. The number of benzene rings is 1. The lowest BCUT2D eigenvalue weighted by molar-refractivity contribution is -0.122. The number of hydrogen-bond acceptors (Lipinski definition) is 2. The first-order valence-corrected chi connectivity index (χ1v) is 7.47. The normalized spacial score (nSPS) is 20.7. The Kier molecular flexibility index (Phi) is 4.79. The molecule has 2 N–H and O–H groups in total. The van der Waals surface area contributed by atoms with E-state index in [0.29, 0.717) is 18.9 Å². The average molecular weight is 372 g/mol. The van der Waals surface area contributed by atoms with Crippen LogP contribution in [0.1, 0.15) is 19.8 Å². The van der Waals surface area contributed by atoms with Crippen molar-refractivity contribution in [3.05, 3.63) is 27.8 Å². The van der Waals surface area contributed by atoms with Crippen molar-refractivity contribution in [1.82, 2.24) is 5.32 Å². The van der Waals surface area contributed by atoms with E-state index in [-0.39, 0.29) is 17.7 Å². The molecule has 0 spiro atoms. The molecule has 0 bridgehead atoms. The first kappa shape index (κ1) is 14.3. The second-order valence-electron chi connectivity index (χ2n) is 4.92. The summed E-state index contributed by atoms with van der Waals surface area (Å²) in [5.41, 5.74) is 0.785. The Morgan fingerprint density at radius 1 is 1.32 bits per heavy atom. The van der Waals surface area contributed by atoms with E-state index in [1.807, 2.05) is 24.3 Å². The summed E-state index contributed by atoms with van der Waals surface area (Å²) < 4.78 is 1.13. The van der Waals surface area contributed by atoms with Gasteiger partial charge in [0.25, 0.3) is 0 Å². The van der Waals surface area contributed by atoms with Gasteiger partial charge in [0.1, 0.15) is 0 Å². The lowest BCUT2D eigenvalue weighted by Gasteiger charge is -2.06. The SMILES string of the molecule is C[C@@H]1C[C@@H]1C(=O)NCCC(=O)Nc1ccc(I)cc1. The molecule has 0 aliphatic heterocycles. The molecule has 0 radical (unpaired) electrons. The molecule has 1 aliphatic carbocycles. The summed E-state index contributed by atoms with van der Waals surface area (Å²) in [5, 5.41) is 5.60. The third-order valence-corrected chi connectivity index (χ3v) is 3.94. The Morgan fingerprint density at radius 2 is 1.95 bits per heavy atom. The maximum Gasteiger partial charge on any atom is 0.226 e. The fourth-order valence-electron chi connectivity index (χ4n) is 1.87. The molecule has 1 aromatic carbocycles. The van der Waals surface area contributed by atoms with Gasteiger partial charge in [-0.25, -0.2) is 0 Å². The summed E-state index contributed by atoms with van der Waals surface area (Å²) >= 11 is 2.21. The highest BCUT2D eigenvalue weighted by atomic mass is 127. The number of carbonyl (C=O) groups excluding carboxylic acids is 2. The summed E-state index contributed by atoms with van der Waals surface area (Å²) in [6.07, 6.45) is 1.28. The number of halogens is 1. The van der Waals surface area contributed by atoms with Crippen LogP contribution in [0.25, 0.3) is 0 Å². The number of nitrogens with one attached hydrogen (secondary N) is 2. The Bertz CT molecular complexity index is 473. The van der Waals surface area contributed by atoms with Gasteiger partial charge in [0.05, 0.1) is 0 Å². The summed E-state index contributed by atoms with van der Waals surface area (Å²) in [5.74, 6) is 0.666. The van der Waals surface area contributed by atoms with E-state index in [0.717, 1.165) is 15.7 Å². The average Bonchev–Trinajstić information content (AvgIpc) is 3.09. The second kappa shape index (κ2) is 6.36. The van der Waals surface area contributed by atoms with Gasteiger partial charge >= 0.3 is 0 Å².